The van der Waals surface area contributed by atoms with Gasteiger partial charge in [0.25, 0.3) is 0 Å². The first-order valence-electron chi connectivity index (χ1n) is 5.23. The maximum atomic E-state index is 10.8. The van der Waals surface area contributed by atoms with Crippen LogP contribution in [-0.4, -0.2) is 18.2 Å². The molecule has 1 unspecified atom stereocenters. The zero-order valence-electron chi connectivity index (χ0n) is 9.14. The molecular formula is C12H15NO3. The van der Waals surface area contributed by atoms with Crippen LogP contribution in [0.1, 0.15) is 30.0 Å². The van der Waals surface area contributed by atoms with E-state index >= 15 is 0 Å². The lowest BCUT2D eigenvalue weighted by Gasteiger charge is -2.16. The maximum Gasteiger partial charge on any atom is 0.325 e. The van der Waals surface area contributed by atoms with Gasteiger partial charge in [-0.2, -0.15) is 0 Å². The summed E-state index contributed by atoms with van der Waals surface area (Å²) in [7, 11) is 1.68. The largest absolute Gasteiger partial charge is 0.480 e. The number of nitrogens with two attached hydrogens (primary N) is 1. The standard InChI is InChI=1S/C12H15NO3/c1-16-12(5-6-12)9-4-2-3-8(7-9)10(13)11(14)15/h2-4,7,10H,5-6,13H2,1H3,(H,14,15). The number of carboxylic acids is 1. The molecule has 86 valence electrons. The minimum atomic E-state index is -1.01. The molecule has 1 aliphatic rings. The Hall–Kier alpha value is -1.39. The van der Waals surface area contributed by atoms with E-state index in [-0.39, 0.29) is 5.60 Å². The maximum absolute atomic E-state index is 10.8. The van der Waals surface area contributed by atoms with E-state index in [9.17, 15) is 4.79 Å². The van der Waals surface area contributed by atoms with Crippen LogP contribution in [0.4, 0.5) is 0 Å². The molecule has 0 amide bonds. The minimum Gasteiger partial charge on any atom is -0.480 e. The normalized spacial score (nSPS) is 19.1. The molecular weight excluding hydrogens is 206 g/mol. The fraction of sp³-hybridized carbons (Fsp3) is 0.417. The molecule has 1 aliphatic carbocycles. The molecule has 4 heteroatoms. The van der Waals surface area contributed by atoms with Gasteiger partial charge in [0.1, 0.15) is 6.04 Å². The monoisotopic (exact) mass is 221 g/mol. The van der Waals surface area contributed by atoms with E-state index in [1.54, 1.807) is 13.2 Å². The minimum absolute atomic E-state index is 0.200. The van der Waals surface area contributed by atoms with Gasteiger partial charge in [-0.25, -0.2) is 0 Å². The van der Waals surface area contributed by atoms with Crippen molar-refractivity contribution in [1.29, 1.82) is 0 Å². The van der Waals surface area contributed by atoms with Crippen molar-refractivity contribution in [2.75, 3.05) is 7.11 Å². The second-order valence-corrected chi connectivity index (χ2v) is 4.14. The van der Waals surface area contributed by atoms with E-state index in [0.717, 1.165) is 18.4 Å². The lowest BCUT2D eigenvalue weighted by Crippen LogP contribution is -2.21. The number of carbonyl (C=O) groups is 1. The van der Waals surface area contributed by atoms with Crippen molar-refractivity contribution in [1.82, 2.24) is 0 Å². The number of hydrogen-bond acceptors (Lipinski definition) is 3. The molecule has 0 bridgehead atoms. The van der Waals surface area contributed by atoms with Crippen molar-refractivity contribution in [3.8, 4) is 0 Å². The summed E-state index contributed by atoms with van der Waals surface area (Å²) >= 11 is 0. The SMILES string of the molecule is COC1(c2cccc(C(N)C(=O)O)c2)CC1. The number of ether oxygens (including phenoxy) is 1. The Bertz CT molecular complexity index is 412. The summed E-state index contributed by atoms with van der Waals surface area (Å²) in [5.41, 5.74) is 7.01. The highest BCUT2D eigenvalue weighted by Crippen LogP contribution is 2.48. The molecule has 3 N–H and O–H groups in total. The van der Waals surface area contributed by atoms with Crippen LogP contribution in [0.15, 0.2) is 24.3 Å². The zero-order valence-corrected chi connectivity index (χ0v) is 9.14. The molecule has 0 aromatic heterocycles. The number of carboxylic acid groups (broad SMARTS) is 1. The van der Waals surface area contributed by atoms with Gasteiger partial charge in [-0.3, -0.25) is 4.79 Å². The van der Waals surface area contributed by atoms with E-state index in [1.165, 1.54) is 0 Å². The summed E-state index contributed by atoms with van der Waals surface area (Å²) in [6, 6.07) is 6.37. The summed E-state index contributed by atoms with van der Waals surface area (Å²) < 4.78 is 5.44. The molecule has 0 heterocycles. The highest BCUT2D eigenvalue weighted by molar-refractivity contribution is 5.75. The average Bonchev–Trinajstić information content (AvgIpc) is 3.09. The lowest BCUT2D eigenvalue weighted by molar-refractivity contribution is -0.138. The van der Waals surface area contributed by atoms with Gasteiger partial charge in [-0.05, 0) is 24.0 Å². The predicted octanol–water partition coefficient (Wildman–Crippen LogP) is 1.41. The number of hydrogen-bond donors (Lipinski definition) is 2. The van der Waals surface area contributed by atoms with E-state index in [0.29, 0.717) is 5.56 Å². The Morgan fingerprint density at radius 3 is 2.75 bits per heavy atom. The predicted molar refractivity (Wildman–Crippen MR) is 58.9 cm³/mol. The molecule has 0 radical (unpaired) electrons. The van der Waals surface area contributed by atoms with Crippen LogP contribution in [0.5, 0.6) is 0 Å². The molecule has 4 nitrogen and oxygen atoms in total. The first-order chi connectivity index (χ1) is 7.59. The number of methoxy groups -OCH3 is 1. The van der Waals surface area contributed by atoms with Crippen molar-refractivity contribution < 1.29 is 14.6 Å². The first-order valence-corrected chi connectivity index (χ1v) is 5.23. The average molecular weight is 221 g/mol. The highest BCUT2D eigenvalue weighted by Gasteiger charge is 2.44. The van der Waals surface area contributed by atoms with Gasteiger partial charge in [0, 0.05) is 7.11 Å². The van der Waals surface area contributed by atoms with E-state index in [1.807, 2.05) is 18.2 Å². The summed E-state index contributed by atoms with van der Waals surface area (Å²) in [5, 5.41) is 8.85. The fourth-order valence-electron chi connectivity index (χ4n) is 1.88. The second-order valence-electron chi connectivity index (χ2n) is 4.14. The van der Waals surface area contributed by atoms with Crippen molar-refractivity contribution in [3.05, 3.63) is 35.4 Å². The number of benzene rings is 1. The smallest absolute Gasteiger partial charge is 0.325 e. The Labute approximate surface area is 94.0 Å². The van der Waals surface area contributed by atoms with Crippen molar-refractivity contribution in [3.63, 3.8) is 0 Å². The van der Waals surface area contributed by atoms with Crippen LogP contribution in [0, 0.1) is 0 Å². The Balaban J connectivity index is 2.30. The highest BCUT2D eigenvalue weighted by atomic mass is 16.5. The van der Waals surface area contributed by atoms with E-state index in [2.05, 4.69) is 0 Å². The Morgan fingerprint density at radius 1 is 1.56 bits per heavy atom. The molecule has 2 rings (SSSR count). The van der Waals surface area contributed by atoms with Crippen LogP contribution in [0.25, 0.3) is 0 Å². The molecule has 0 aliphatic heterocycles. The zero-order chi connectivity index (χ0) is 11.8. The molecule has 16 heavy (non-hydrogen) atoms. The third-order valence-corrected chi connectivity index (χ3v) is 3.13. The van der Waals surface area contributed by atoms with E-state index < -0.39 is 12.0 Å². The lowest BCUT2D eigenvalue weighted by atomic mass is 10.0. The first kappa shape index (κ1) is 11.1. The van der Waals surface area contributed by atoms with Gasteiger partial charge in [-0.15, -0.1) is 0 Å². The van der Waals surface area contributed by atoms with Gasteiger partial charge in [-0.1, -0.05) is 24.3 Å². The number of aliphatic carboxylic acids is 1. The summed E-state index contributed by atoms with van der Waals surface area (Å²) in [5.74, 6) is -1.01. The van der Waals surface area contributed by atoms with Crippen molar-refractivity contribution in [2.24, 2.45) is 5.73 Å². The van der Waals surface area contributed by atoms with Crippen molar-refractivity contribution in [2.45, 2.75) is 24.5 Å². The summed E-state index contributed by atoms with van der Waals surface area (Å²) in [4.78, 5) is 10.8. The quantitative estimate of drug-likeness (QED) is 0.806. The third kappa shape index (κ3) is 1.81. The molecule has 1 fully saturated rings. The molecule has 0 saturated heterocycles. The summed E-state index contributed by atoms with van der Waals surface area (Å²) in [6.45, 7) is 0. The Kier molecular flexibility index (Phi) is 2.69. The van der Waals surface area contributed by atoms with Crippen LogP contribution in [0.2, 0.25) is 0 Å². The Morgan fingerprint density at radius 2 is 2.25 bits per heavy atom. The van der Waals surface area contributed by atoms with Crippen LogP contribution < -0.4 is 5.73 Å². The molecule has 1 aromatic rings. The van der Waals surface area contributed by atoms with Gasteiger partial charge in [0.15, 0.2) is 0 Å². The molecule has 1 aromatic carbocycles. The molecule has 0 spiro atoms. The fourth-order valence-corrected chi connectivity index (χ4v) is 1.88. The number of rotatable bonds is 4. The van der Waals surface area contributed by atoms with Crippen LogP contribution >= 0.6 is 0 Å². The second kappa shape index (κ2) is 3.88. The van der Waals surface area contributed by atoms with E-state index in [4.69, 9.17) is 15.6 Å². The molecule has 1 saturated carbocycles. The van der Waals surface area contributed by atoms with Crippen LogP contribution in [-0.2, 0) is 15.1 Å². The van der Waals surface area contributed by atoms with Crippen molar-refractivity contribution >= 4 is 5.97 Å². The topological polar surface area (TPSA) is 72.5 Å². The van der Waals surface area contributed by atoms with Gasteiger partial charge >= 0.3 is 5.97 Å². The van der Waals surface area contributed by atoms with Gasteiger partial charge in [0.2, 0.25) is 0 Å². The van der Waals surface area contributed by atoms with Gasteiger partial charge < -0.3 is 15.6 Å². The molecule has 1 atom stereocenters. The third-order valence-electron chi connectivity index (χ3n) is 3.13. The van der Waals surface area contributed by atoms with Crippen LogP contribution in [0.3, 0.4) is 0 Å². The summed E-state index contributed by atoms with van der Waals surface area (Å²) in [6.07, 6.45) is 1.96. The van der Waals surface area contributed by atoms with Gasteiger partial charge in [0.05, 0.1) is 5.60 Å².